The Balaban J connectivity index is 1.83. The van der Waals surface area contributed by atoms with Crippen LogP contribution in [0.25, 0.3) is 16.6 Å². The first-order valence-electron chi connectivity index (χ1n) is 9.59. The number of pyridine rings is 1. The van der Waals surface area contributed by atoms with Gasteiger partial charge in [-0.3, -0.25) is 4.79 Å². The van der Waals surface area contributed by atoms with Crippen LogP contribution in [0.3, 0.4) is 0 Å². The van der Waals surface area contributed by atoms with Crippen molar-refractivity contribution in [3.63, 3.8) is 0 Å². The second kappa shape index (κ2) is 6.52. The van der Waals surface area contributed by atoms with Crippen LogP contribution in [-0.4, -0.2) is 32.1 Å². The predicted molar refractivity (Wildman–Crippen MR) is 110 cm³/mol. The maximum atomic E-state index is 13.6. The molecule has 1 aliphatic rings. The van der Waals surface area contributed by atoms with Crippen molar-refractivity contribution in [2.24, 2.45) is 16.9 Å². The van der Waals surface area contributed by atoms with Crippen LogP contribution in [0.5, 0.6) is 0 Å². The van der Waals surface area contributed by atoms with Crippen molar-refractivity contribution in [2.45, 2.75) is 45.2 Å². The molecular weight excluding hydrogens is 371 g/mol. The number of nitrogens with two attached hydrogens (primary N) is 2. The van der Waals surface area contributed by atoms with Gasteiger partial charge in [-0.1, -0.05) is 13.8 Å². The van der Waals surface area contributed by atoms with Crippen molar-refractivity contribution in [1.29, 1.82) is 0 Å². The molecule has 4 rings (SSSR count). The normalized spacial score (nSPS) is 23.4. The van der Waals surface area contributed by atoms with Crippen LogP contribution in [-0.2, 0) is 0 Å². The van der Waals surface area contributed by atoms with E-state index in [0.717, 1.165) is 18.4 Å². The van der Waals surface area contributed by atoms with Gasteiger partial charge in [0.1, 0.15) is 0 Å². The molecule has 7 nitrogen and oxygen atoms in total. The van der Waals surface area contributed by atoms with E-state index in [2.05, 4.69) is 36.2 Å². The lowest BCUT2D eigenvalue weighted by Gasteiger charge is -2.39. The van der Waals surface area contributed by atoms with E-state index in [-0.39, 0.29) is 17.0 Å². The zero-order valence-corrected chi connectivity index (χ0v) is 16.7. The Kier molecular flexibility index (Phi) is 4.34. The molecule has 3 aromatic heterocycles. The number of halogens is 1. The third-order valence-electron chi connectivity index (χ3n) is 6.58. The number of anilines is 1. The lowest BCUT2D eigenvalue weighted by Crippen LogP contribution is -2.51. The van der Waals surface area contributed by atoms with Crippen molar-refractivity contribution in [3.05, 3.63) is 48.3 Å². The van der Waals surface area contributed by atoms with Crippen LogP contribution in [0.15, 0.2) is 36.8 Å². The molecule has 3 aromatic rings. The van der Waals surface area contributed by atoms with Gasteiger partial charge >= 0.3 is 0 Å². The van der Waals surface area contributed by atoms with Crippen LogP contribution >= 0.6 is 0 Å². The average Bonchev–Trinajstić information content (AvgIpc) is 3.16. The number of nitrogens with one attached hydrogen (secondary N) is 1. The molecule has 1 amide bonds. The predicted octanol–water partition coefficient (Wildman–Crippen LogP) is 2.95. The first kappa shape index (κ1) is 19.3. The highest BCUT2D eigenvalue weighted by Gasteiger charge is 2.49. The third-order valence-corrected chi connectivity index (χ3v) is 6.58. The summed E-state index contributed by atoms with van der Waals surface area (Å²) in [7, 11) is 0. The van der Waals surface area contributed by atoms with E-state index < -0.39 is 11.9 Å². The van der Waals surface area contributed by atoms with Gasteiger partial charge in [0.2, 0.25) is 5.95 Å². The maximum Gasteiger partial charge on any atom is 0.252 e. The fourth-order valence-electron chi connectivity index (χ4n) is 4.09. The highest BCUT2D eigenvalue weighted by Crippen LogP contribution is 2.46. The molecule has 3 heterocycles. The van der Waals surface area contributed by atoms with E-state index in [1.54, 1.807) is 16.8 Å². The molecule has 0 aliphatic heterocycles. The van der Waals surface area contributed by atoms with E-state index >= 15 is 0 Å². The Hall–Kier alpha value is -3.00. The summed E-state index contributed by atoms with van der Waals surface area (Å²) in [5.74, 6) is -1.12. The summed E-state index contributed by atoms with van der Waals surface area (Å²) >= 11 is 0. The first-order valence-corrected chi connectivity index (χ1v) is 9.59. The minimum Gasteiger partial charge on any atom is -0.379 e. The lowest BCUT2D eigenvalue weighted by atomic mass is 9.75. The molecule has 0 saturated heterocycles. The summed E-state index contributed by atoms with van der Waals surface area (Å²) in [6.07, 6.45) is 6.39. The standard InChI is InChI=1S/C21H25FN6O/c1-20(2)16(4-6-21(20,3)24)27-18-14(19(23)29)10-26-28-11-13(8-15(18)28)12-5-7-25-17(22)9-12/h5,7-11,16,27H,4,6,24H2,1-3H3,(H2,23,29)/t16-,21+/m1/s1. The molecular formula is C21H25FN6O. The number of primary amides is 1. The molecule has 0 unspecified atom stereocenters. The summed E-state index contributed by atoms with van der Waals surface area (Å²) in [6.45, 7) is 6.31. The number of nitrogens with zero attached hydrogens (tertiary/aromatic N) is 3. The topological polar surface area (TPSA) is 111 Å². The molecule has 5 N–H and O–H groups in total. The Morgan fingerprint density at radius 3 is 2.69 bits per heavy atom. The number of amides is 1. The van der Waals surface area contributed by atoms with E-state index in [4.69, 9.17) is 11.5 Å². The van der Waals surface area contributed by atoms with Crippen LogP contribution in [0.2, 0.25) is 0 Å². The SMILES string of the molecule is CC1(C)[C@H](Nc2c(C(N)=O)cnn3cc(-c4ccnc(F)c4)cc23)CC[C@]1(C)N. The monoisotopic (exact) mass is 396 g/mol. The number of carbonyl (C=O) groups excluding carboxylic acids is 1. The van der Waals surface area contributed by atoms with Crippen molar-refractivity contribution in [1.82, 2.24) is 14.6 Å². The van der Waals surface area contributed by atoms with Crippen LogP contribution in [0.4, 0.5) is 10.1 Å². The van der Waals surface area contributed by atoms with Gasteiger partial charge in [0.25, 0.3) is 5.91 Å². The maximum absolute atomic E-state index is 13.6. The van der Waals surface area contributed by atoms with Crippen LogP contribution < -0.4 is 16.8 Å². The number of fused-ring (bicyclic) bond motifs is 1. The summed E-state index contributed by atoms with van der Waals surface area (Å²) in [6, 6.07) is 5.00. The zero-order chi connectivity index (χ0) is 21.0. The molecule has 0 aromatic carbocycles. The smallest absolute Gasteiger partial charge is 0.252 e. The highest BCUT2D eigenvalue weighted by atomic mass is 19.1. The van der Waals surface area contributed by atoms with Gasteiger partial charge in [-0.05, 0) is 37.5 Å². The molecule has 8 heteroatoms. The molecule has 0 bridgehead atoms. The molecule has 0 spiro atoms. The minimum absolute atomic E-state index is 0.0542. The quantitative estimate of drug-likeness (QED) is 0.587. The van der Waals surface area contributed by atoms with Gasteiger partial charge in [-0.2, -0.15) is 9.49 Å². The number of rotatable bonds is 4. The molecule has 29 heavy (non-hydrogen) atoms. The van der Waals surface area contributed by atoms with Gasteiger partial charge in [0.15, 0.2) is 0 Å². The van der Waals surface area contributed by atoms with E-state index in [0.29, 0.717) is 22.3 Å². The summed E-state index contributed by atoms with van der Waals surface area (Å²) in [5.41, 5.74) is 14.7. The summed E-state index contributed by atoms with van der Waals surface area (Å²) < 4.78 is 15.2. The van der Waals surface area contributed by atoms with E-state index in [1.807, 2.05) is 6.07 Å². The molecule has 1 fully saturated rings. The molecule has 1 saturated carbocycles. The Labute approximate surface area is 168 Å². The Morgan fingerprint density at radius 2 is 2.07 bits per heavy atom. The third kappa shape index (κ3) is 3.13. The van der Waals surface area contributed by atoms with Crippen molar-refractivity contribution in [3.8, 4) is 11.1 Å². The Bertz CT molecular complexity index is 1100. The van der Waals surface area contributed by atoms with Gasteiger partial charge in [-0.15, -0.1) is 0 Å². The van der Waals surface area contributed by atoms with E-state index in [1.165, 1.54) is 18.5 Å². The average molecular weight is 396 g/mol. The van der Waals surface area contributed by atoms with Crippen LogP contribution in [0, 0.1) is 11.4 Å². The lowest BCUT2D eigenvalue weighted by molar-refractivity contribution is 0.100. The fraction of sp³-hybridized carbons (Fsp3) is 0.381. The second-order valence-corrected chi connectivity index (χ2v) is 8.60. The van der Waals surface area contributed by atoms with Gasteiger partial charge in [-0.25, -0.2) is 9.50 Å². The summed E-state index contributed by atoms with van der Waals surface area (Å²) in [4.78, 5) is 15.7. The number of carbonyl (C=O) groups is 1. The molecule has 152 valence electrons. The second-order valence-electron chi connectivity index (χ2n) is 8.60. The number of hydrogen-bond acceptors (Lipinski definition) is 5. The molecule has 2 atom stereocenters. The van der Waals surface area contributed by atoms with Gasteiger partial charge in [0.05, 0.1) is 23.0 Å². The Morgan fingerprint density at radius 1 is 1.31 bits per heavy atom. The largest absolute Gasteiger partial charge is 0.379 e. The van der Waals surface area contributed by atoms with Crippen molar-refractivity contribution < 1.29 is 9.18 Å². The molecule has 0 radical (unpaired) electrons. The first-order chi connectivity index (χ1) is 13.6. The highest BCUT2D eigenvalue weighted by molar-refractivity contribution is 6.02. The van der Waals surface area contributed by atoms with Crippen molar-refractivity contribution >= 4 is 17.1 Å². The number of hydrogen-bond donors (Lipinski definition) is 3. The summed E-state index contributed by atoms with van der Waals surface area (Å²) in [5, 5.41) is 7.84. The fourth-order valence-corrected chi connectivity index (χ4v) is 4.09. The zero-order valence-electron chi connectivity index (χ0n) is 16.7. The minimum atomic E-state index is -0.563. The van der Waals surface area contributed by atoms with E-state index in [9.17, 15) is 9.18 Å². The van der Waals surface area contributed by atoms with Crippen LogP contribution in [0.1, 0.15) is 44.0 Å². The number of aromatic nitrogens is 3. The molecule has 1 aliphatic carbocycles. The van der Waals surface area contributed by atoms with Crippen molar-refractivity contribution in [2.75, 3.05) is 5.32 Å². The van der Waals surface area contributed by atoms with Gasteiger partial charge < -0.3 is 16.8 Å². The van der Waals surface area contributed by atoms with Gasteiger partial charge in [0, 0.05) is 41.0 Å².